The van der Waals surface area contributed by atoms with Crippen molar-refractivity contribution in [1.82, 2.24) is 4.90 Å². The zero-order valence-electron chi connectivity index (χ0n) is 14.9. The molecule has 1 amide bonds. The molecule has 1 aliphatic heterocycles. The zero-order chi connectivity index (χ0) is 17.8. The van der Waals surface area contributed by atoms with Gasteiger partial charge >= 0.3 is 0 Å². The second-order valence-corrected chi connectivity index (χ2v) is 6.66. The minimum atomic E-state index is 0.125. The summed E-state index contributed by atoms with van der Waals surface area (Å²) in [6.07, 6.45) is 0. The van der Waals surface area contributed by atoms with Crippen LogP contribution in [-0.4, -0.2) is 55.7 Å². The van der Waals surface area contributed by atoms with Crippen LogP contribution in [0.4, 0.5) is 5.69 Å². The van der Waals surface area contributed by atoms with E-state index >= 15 is 0 Å². The van der Waals surface area contributed by atoms with E-state index < -0.39 is 0 Å². The summed E-state index contributed by atoms with van der Waals surface area (Å²) in [6.45, 7) is 6.33. The van der Waals surface area contributed by atoms with E-state index in [1.54, 1.807) is 11.0 Å². The van der Waals surface area contributed by atoms with E-state index in [2.05, 4.69) is 4.90 Å². The van der Waals surface area contributed by atoms with Crippen molar-refractivity contribution in [2.45, 2.75) is 13.5 Å². The summed E-state index contributed by atoms with van der Waals surface area (Å²) in [4.78, 5) is 17.6. The van der Waals surface area contributed by atoms with Crippen molar-refractivity contribution in [2.24, 2.45) is 0 Å². The van der Waals surface area contributed by atoms with E-state index in [0.29, 0.717) is 18.8 Å². The number of carbonyl (C=O) groups is 1. The van der Waals surface area contributed by atoms with Gasteiger partial charge in [0, 0.05) is 7.05 Å². The maximum Gasteiger partial charge on any atom is 0.277 e. The third kappa shape index (κ3) is 4.33. The average Bonchev–Trinajstić information content (AvgIpc) is 3.01. The lowest BCUT2D eigenvalue weighted by Gasteiger charge is -2.34. The van der Waals surface area contributed by atoms with E-state index in [0.717, 1.165) is 43.4 Å². The van der Waals surface area contributed by atoms with E-state index in [4.69, 9.17) is 4.42 Å². The molecule has 0 aliphatic carbocycles. The molecule has 0 bridgehead atoms. The number of piperazine rings is 1. The number of carbonyl (C=O) groups excluding carboxylic acids is 1. The summed E-state index contributed by atoms with van der Waals surface area (Å²) in [7, 11) is 1.82. The van der Waals surface area contributed by atoms with Gasteiger partial charge in [0.2, 0.25) is 0 Å². The molecule has 1 fully saturated rings. The second kappa shape index (κ2) is 7.61. The van der Waals surface area contributed by atoms with Crippen molar-refractivity contribution in [3.8, 4) is 5.75 Å². The number of anilines is 1. The number of quaternary nitrogens is 1. The van der Waals surface area contributed by atoms with Crippen molar-refractivity contribution in [3.63, 3.8) is 0 Å². The predicted octanol–water partition coefficient (Wildman–Crippen LogP) is 0.657. The number of furan rings is 1. The van der Waals surface area contributed by atoms with Crippen molar-refractivity contribution in [1.29, 1.82) is 0 Å². The van der Waals surface area contributed by atoms with E-state index in [1.165, 1.54) is 4.90 Å². The van der Waals surface area contributed by atoms with Crippen LogP contribution in [0.15, 0.2) is 40.8 Å². The second-order valence-electron chi connectivity index (χ2n) is 6.66. The van der Waals surface area contributed by atoms with Crippen LogP contribution in [-0.2, 0) is 11.3 Å². The Kier molecular flexibility index (Phi) is 5.28. The van der Waals surface area contributed by atoms with Gasteiger partial charge in [-0.2, -0.15) is 0 Å². The lowest BCUT2D eigenvalue weighted by Crippen LogP contribution is -3.15. The van der Waals surface area contributed by atoms with E-state index in [9.17, 15) is 9.90 Å². The highest BCUT2D eigenvalue weighted by Crippen LogP contribution is 2.25. The van der Waals surface area contributed by atoms with Gasteiger partial charge in [0.15, 0.2) is 6.54 Å². The normalized spacial score (nSPS) is 15.4. The van der Waals surface area contributed by atoms with Crippen LogP contribution < -0.4 is 9.80 Å². The molecule has 0 atom stereocenters. The zero-order valence-corrected chi connectivity index (χ0v) is 14.9. The highest BCUT2D eigenvalue weighted by molar-refractivity contribution is 5.76. The van der Waals surface area contributed by atoms with Crippen LogP contribution >= 0.6 is 0 Å². The third-order valence-electron chi connectivity index (χ3n) is 4.71. The van der Waals surface area contributed by atoms with E-state index in [-0.39, 0.29) is 5.91 Å². The van der Waals surface area contributed by atoms with Gasteiger partial charge in [-0.25, -0.2) is 0 Å². The number of nitrogens with one attached hydrogen (secondary N) is 1. The molecule has 25 heavy (non-hydrogen) atoms. The van der Waals surface area contributed by atoms with Crippen LogP contribution in [0.5, 0.6) is 5.75 Å². The standard InChI is InChI=1S/C19H25N3O3/c1-15-7-8-16(25-15)13-20(2)19(24)14-21-9-11-22(12-10-21)17-5-3-4-6-18(17)23/h3-8,23H,9-14H2,1-2H3/p+1. The summed E-state index contributed by atoms with van der Waals surface area (Å²) in [6, 6.07) is 11.2. The fourth-order valence-corrected chi connectivity index (χ4v) is 3.21. The first-order valence-corrected chi connectivity index (χ1v) is 8.68. The average molecular weight is 344 g/mol. The summed E-state index contributed by atoms with van der Waals surface area (Å²) in [5.74, 6) is 2.12. The van der Waals surface area contributed by atoms with Crippen LogP contribution in [0.2, 0.25) is 0 Å². The summed E-state index contributed by atoms with van der Waals surface area (Å²) in [5.41, 5.74) is 0.873. The Morgan fingerprint density at radius 3 is 2.60 bits per heavy atom. The number of phenolic OH excluding ortho intramolecular Hbond substituents is 1. The van der Waals surface area contributed by atoms with Gasteiger partial charge in [-0.3, -0.25) is 4.79 Å². The molecule has 0 radical (unpaired) electrons. The molecule has 0 saturated carbocycles. The molecule has 1 aromatic carbocycles. The SMILES string of the molecule is Cc1ccc(CN(C)C(=O)C[NH+]2CCN(c3ccccc3O)CC2)o1. The smallest absolute Gasteiger partial charge is 0.277 e. The molecular weight excluding hydrogens is 318 g/mol. The van der Waals surface area contributed by atoms with Gasteiger partial charge < -0.3 is 24.2 Å². The molecule has 2 N–H and O–H groups in total. The van der Waals surface area contributed by atoms with Crippen molar-refractivity contribution >= 4 is 11.6 Å². The minimum absolute atomic E-state index is 0.125. The third-order valence-corrected chi connectivity index (χ3v) is 4.71. The number of benzene rings is 1. The molecule has 0 spiro atoms. The molecular formula is C19H26N3O3+. The lowest BCUT2D eigenvalue weighted by atomic mass is 10.2. The molecule has 0 unspecified atom stereocenters. The molecule has 6 nitrogen and oxygen atoms in total. The van der Waals surface area contributed by atoms with Gasteiger partial charge in [-0.05, 0) is 31.2 Å². The van der Waals surface area contributed by atoms with Crippen LogP contribution in [0.1, 0.15) is 11.5 Å². The minimum Gasteiger partial charge on any atom is -0.506 e. The van der Waals surface area contributed by atoms with Gasteiger partial charge in [-0.1, -0.05) is 12.1 Å². The first-order chi connectivity index (χ1) is 12.0. The number of hydrogen-bond donors (Lipinski definition) is 2. The Balaban J connectivity index is 1.48. The quantitative estimate of drug-likeness (QED) is 0.836. The first-order valence-electron chi connectivity index (χ1n) is 8.68. The number of aromatic hydroxyl groups is 1. The number of para-hydroxylation sites is 2. The van der Waals surface area contributed by atoms with E-state index in [1.807, 2.05) is 44.3 Å². The Morgan fingerprint density at radius 1 is 1.24 bits per heavy atom. The van der Waals surface area contributed by atoms with Gasteiger partial charge in [-0.15, -0.1) is 0 Å². The number of rotatable bonds is 5. The fraction of sp³-hybridized carbons (Fsp3) is 0.421. The van der Waals surface area contributed by atoms with Crippen LogP contribution in [0, 0.1) is 6.92 Å². The first kappa shape index (κ1) is 17.4. The summed E-state index contributed by atoms with van der Waals surface area (Å²) >= 11 is 0. The number of phenols is 1. The monoisotopic (exact) mass is 344 g/mol. The molecule has 6 heteroatoms. The molecule has 2 heterocycles. The molecule has 1 aromatic heterocycles. The number of aryl methyl sites for hydroxylation is 1. The van der Waals surface area contributed by atoms with Gasteiger partial charge in [0.1, 0.15) is 17.3 Å². The molecule has 1 saturated heterocycles. The van der Waals surface area contributed by atoms with Crippen LogP contribution in [0.25, 0.3) is 0 Å². The number of likely N-dealkylation sites (N-methyl/N-ethyl adjacent to an activating group) is 1. The number of hydrogen-bond acceptors (Lipinski definition) is 4. The Labute approximate surface area is 148 Å². The summed E-state index contributed by atoms with van der Waals surface area (Å²) in [5, 5.41) is 9.97. The molecule has 3 rings (SSSR count). The van der Waals surface area contributed by atoms with Crippen LogP contribution in [0.3, 0.4) is 0 Å². The maximum atomic E-state index is 12.4. The van der Waals surface area contributed by atoms with Crippen molar-refractivity contribution in [3.05, 3.63) is 47.9 Å². The number of amides is 1. The molecule has 1 aliphatic rings. The highest BCUT2D eigenvalue weighted by Gasteiger charge is 2.25. The van der Waals surface area contributed by atoms with Gasteiger partial charge in [0.05, 0.1) is 38.4 Å². The molecule has 134 valence electrons. The maximum absolute atomic E-state index is 12.4. The summed E-state index contributed by atoms with van der Waals surface area (Å²) < 4.78 is 5.54. The lowest BCUT2D eigenvalue weighted by molar-refractivity contribution is -0.892. The Morgan fingerprint density at radius 2 is 1.96 bits per heavy atom. The topological polar surface area (TPSA) is 61.4 Å². The highest BCUT2D eigenvalue weighted by atomic mass is 16.3. The van der Waals surface area contributed by atoms with Gasteiger partial charge in [0.25, 0.3) is 5.91 Å². The Hall–Kier alpha value is -2.47. The fourth-order valence-electron chi connectivity index (χ4n) is 3.21. The largest absolute Gasteiger partial charge is 0.506 e. The van der Waals surface area contributed by atoms with Crippen molar-refractivity contribution in [2.75, 3.05) is 44.7 Å². The predicted molar refractivity (Wildman–Crippen MR) is 95.8 cm³/mol. The van der Waals surface area contributed by atoms with Crippen molar-refractivity contribution < 1.29 is 19.2 Å². The Bertz CT molecular complexity index is 720. The number of nitrogens with zero attached hydrogens (tertiary/aromatic N) is 2. The molecule has 2 aromatic rings.